The van der Waals surface area contributed by atoms with Crippen LogP contribution in [0.3, 0.4) is 0 Å². The topological polar surface area (TPSA) is 17.1 Å². The fourth-order valence-electron chi connectivity index (χ4n) is 2.09. The third kappa shape index (κ3) is 12.2. The first-order chi connectivity index (χ1) is 8.98. The highest BCUT2D eigenvalue weighted by atomic mass is 19.4. The fraction of sp³-hybridized carbons (Fsp3) is 0.933. The number of rotatable bonds is 12. The van der Waals surface area contributed by atoms with Crippen LogP contribution in [0.5, 0.6) is 0 Å². The summed E-state index contributed by atoms with van der Waals surface area (Å²) in [6.45, 7) is 2.20. The van der Waals surface area contributed by atoms with E-state index < -0.39 is 12.0 Å². The third-order valence-electron chi connectivity index (χ3n) is 3.32. The van der Waals surface area contributed by atoms with Crippen LogP contribution in [-0.2, 0) is 4.79 Å². The van der Waals surface area contributed by atoms with E-state index in [2.05, 4.69) is 6.92 Å². The monoisotopic (exact) mass is 280 g/mol. The van der Waals surface area contributed by atoms with Gasteiger partial charge in [0, 0.05) is 6.42 Å². The first-order valence-electron chi connectivity index (χ1n) is 7.58. The second kappa shape index (κ2) is 11.3. The number of carbonyl (C=O) groups is 1. The second-order valence-corrected chi connectivity index (χ2v) is 5.21. The Morgan fingerprint density at radius 3 is 1.47 bits per heavy atom. The average Bonchev–Trinajstić information content (AvgIpc) is 2.34. The number of alkyl halides is 3. The zero-order valence-corrected chi connectivity index (χ0v) is 12.0. The van der Waals surface area contributed by atoms with Crippen LogP contribution < -0.4 is 0 Å². The standard InChI is InChI=1S/C15H27F3O/c1-2-3-4-5-6-7-8-9-10-11-12-13-14(19)15(16,17)18/h2-13H2,1H3. The summed E-state index contributed by atoms with van der Waals surface area (Å²) in [4.78, 5) is 10.6. The predicted molar refractivity (Wildman–Crippen MR) is 72.1 cm³/mol. The molecule has 0 bridgehead atoms. The Morgan fingerprint density at radius 1 is 0.737 bits per heavy atom. The SMILES string of the molecule is CCCCCCCCCCCCCC(=O)C(F)(F)F. The van der Waals surface area contributed by atoms with Crippen LogP contribution in [0.4, 0.5) is 13.2 Å². The number of hydrogen-bond acceptors (Lipinski definition) is 1. The molecule has 0 aliphatic heterocycles. The van der Waals surface area contributed by atoms with Crippen molar-refractivity contribution in [3.05, 3.63) is 0 Å². The van der Waals surface area contributed by atoms with Crippen LogP contribution in [0.15, 0.2) is 0 Å². The van der Waals surface area contributed by atoms with Gasteiger partial charge >= 0.3 is 6.18 Å². The highest BCUT2D eigenvalue weighted by Gasteiger charge is 2.36. The molecule has 0 amide bonds. The lowest BCUT2D eigenvalue weighted by atomic mass is 10.0. The summed E-state index contributed by atoms with van der Waals surface area (Å²) >= 11 is 0. The second-order valence-electron chi connectivity index (χ2n) is 5.21. The Morgan fingerprint density at radius 2 is 1.11 bits per heavy atom. The minimum atomic E-state index is -4.64. The summed E-state index contributed by atoms with van der Waals surface area (Å²) in [6, 6.07) is 0. The van der Waals surface area contributed by atoms with Gasteiger partial charge in [-0.25, -0.2) is 0 Å². The van der Waals surface area contributed by atoms with Crippen LogP contribution in [0.1, 0.15) is 84.0 Å². The van der Waals surface area contributed by atoms with Crippen molar-refractivity contribution in [2.75, 3.05) is 0 Å². The Bertz CT molecular complexity index is 224. The van der Waals surface area contributed by atoms with E-state index in [4.69, 9.17) is 0 Å². The summed E-state index contributed by atoms with van der Waals surface area (Å²) in [5.74, 6) is -1.58. The normalized spacial score (nSPS) is 11.8. The lowest BCUT2D eigenvalue weighted by Gasteiger charge is -2.05. The molecular weight excluding hydrogens is 253 g/mol. The minimum absolute atomic E-state index is 0.347. The van der Waals surface area contributed by atoms with E-state index in [1.807, 2.05) is 0 Å². The largest absolute Gasteiger partial charge is 0.449 e. The Kier molecular flexibility index (Phi) is 11.0. The molecule has 0 saturated carbocycles. The number of hydrogen-bond donors (Lipinski definition) is 0. The first-order valence-corrected chi connectivity index (χ1v) is 7.58. The molecule has 1 nitrogen and oxygen atoms in total. The fourth-order valence-corrected chi connectivity index (χ4v) is 2.09. The molecule has 0 aromatic carbocycles. The van der Waals surface area contributed by atoms with Gasteiger partial charge in [0.1, 0.15) is 0 Å². The number of unbranched alkanes of at least 4 members (excludes halogenated alkanes) is 10. The van der Waals surface area contributed by atoms with Gasteiger partial charge in [-0.2, -0.15) is 13.2 Å². The lowest BCUT2D eigenvalue weighted by Crippen LogP contribution is -2.22. The lowest BCUT2D eigenvalue weighted by molar-refractivity contribution is -0.171. The van der Waals surface area contributed by atoms with E-state index in [1.165, 1.54) is 44.9 Å². The molecule has 0 atom stereocenters. The molecule has 0 spiro atoms. The van der Waals surface area contributed by atoms with Crippen molar-refractivity contribution >= 4 is 5.78 Å². The molecule has 4 heteroatoms. The van der Waals surface area contributed by atoms with Gasteiger partial charge in [0.2, 0.25) is 5.78 Å². The molecular formula is C15H27F3O. The first kappa shape index (κ1) is 18.5. The predicted octanol–water partition coefficient (Wildman–Crippen LogP) is 5.82. The van der Waals surface area contributed by atoms with Gasteiger partial charge in [-0.15, -0.1) is 0 Å². The number of Topliss-reactive ketones (excluding diaryl/α,β-unsaturated/α-hetero) is 1. The van der Waals surface area contributed by atoms with E-state index in [0.717, 1.165) is 19.3 Å². The van der Waals surface area contributed by atoms with Crippen LogP contribution in [-0.4, -0.2) is 12.0 Å². The van der Waals surface area contributed by atoms with Crippen molar-refractivity contribution in [3.8, 4) is 0 Å². The van der Waals surface area contributed by atoms with Gasteiger partial charge in [0.25, 0.3) is 0 Å². The number of halogens is 3. The van der Waals surface area contributed by atoms with Crippen LogP contribution >= 0.6 is 0 Å². The molecule has 0 fully saturated rings. The molecule has 0 radical (unpaired) electrons. The molecule has 114 valence electrons. The molecule has 0 N–H and O–H groups in total. The molecule has 0 heterocycles. The van der Waals surface area contributed by atoms with Crippen LogP contribution in [0, 0.1) is 0 Å². The highest BCUT2D eigenvalue weighted by molar-refractivity contribution is 5.83. The molecule has 0 saturated heterocycles. The van der Waals surface area contributed by atoms with Crippen molar-refractivity contribution in [2.24, 2.45) is 0 Å². The van der Waals surface area contributed by atoms with Crippen LogP contribution in [0.2, 0.25) is 0 Å². The molecule has 0 aromatic heterocycles. The van der Waals surface area contributed by atoms with Gasteiger partial charge in [0.05, 0.1) is 0 Å². The number of ketones is 1. The Balaban J connectivity index is 3.17. The summed E-state index contributed by atoms with van der Waals surface area (Å²) in [7, 11) is 0. The maximum absolute atomic E-state index is 11.9. The highest BCUT2D eigenvalue weighted by Crippen LogP contribution is 2.20. The van der Waals surface area contributed by atoms with E-state index in [0.29, 0.717) is 6.42 Å². The van der Waals surface area contributed by atoms with E-state index in [1.54, 1.807) is 0 Å². The van der Waals surface area contributed by atoms with Gasteiger partial charge in [-0.1, -0.05) is 71.1 Å². The van der Waals surface area contributed by atoms with Crippen molar-refractivity contribution in [3.63, 3.8) is 0 Å². The molecule has 0 unspecified atom stereocenters. The smallest absolute Gasteiger partial charge is 0.290 e. The maximum atomic E-state index is 11.9. The van der Waals surface area contributed by atoms with Crippen molar-refractivity contribution in [1.29, 1.82) is 0 Å². The summed E-state index contributed by atoms with van der Waals surface area (Å²) < 4.78 is 35.7. The maximum Gasteiger partial charge on any atom is 0.449 e. The average molecular weight is 280 g/mol. The molecule has 0 aliphatic carbocycles. The van der Waals surface area contributed by atoms with Gasteiger partial charge in [0.15, 0.2) is 0 Å². The van der Waals surface area contributed by atoms with Crippen LogP contribution in [0.25, 0.3) is 0 Å². The third-order valence-corrected chi connectivity index (χ3v) is 3.32. The minimum Gasteiger partial charge on any atom is -0.290 e. The zero-order valence-electron chi connectivity index (χ0n) is 12.0. The van der Waals surface area contributed by atoms with Crippen molar-refractivity contribution < 1.29 is 18.0 Å². The molecule has 19 heavy (non-hydrogen) atoms. The Hall–Kier alpha value is -0.540. The molecule has 0 rings (SSSR count). The zero-order chi connectivity index (χ0) is 14.6. The van der Waals surface area contributed by atoms with Gasteiger partial charge in [-0.05, 0) is 6.42 Å². The van der Waals surface area contributed by atoms with E-state index in [-0.39, 0.29) is 6.42 Å². The van der Waals surface area contributed by atoms with E-state index in [9.17, 15) is 18.0 Å². The quantitative estimate of drug-likeness (QED) is 0.412. The van der Waals surface area contributed by atoms with Crippen molar-refractivity contribution in [1.82, 2.24) is 0 Å². The summed E-state index contributed by atoms with van der Waals surface area (Å²) in [5, 5.41) is 0. The van der Waals surface area contributed by atoms with Gasteiger partial charge in [-0.3, -0.25) is 4.79 Å². The Labute approximate surface area is 115 Å². The number of carbonyl (C=O) groups excluding carboxylic acids is 1. The summed E-state index contributed by atoms with van der Waals surface area (Å²) in [5.41, 5.74) is 0. The van der Waals surface area contributed by atoms with Crippen molar-refractivity contribution in [2.45, 2.75) is 90.1 Å². The van der Waals surface area contributed by atoms with E-state index >= 15 is 0 Å². The summed E-state index contributed by atoms with van der Waals surface area (Å²) in [6.07, 6.45) is 6.99. The molecule has 0 aromatic rings. The van der Waals surface area contributed by atoms with Gasteiger partial charge < -0.3 is 0 Å². The molecule has 0 aliphatic rings.